The summed E-state index contributed by atoms with van der Waals surface area (Å²) in [6.07, 6.45) is 6.38. The molecule has 0 N–H and O–H groups in total. The van der Waals surface area contributed by atoms with Crippen molar-refractivity contribution in [2.75, 3.05) is 26.4 Å². The fraction of sp³-hybridized carbons (Fsp3) is 0.429. The first-order chi connectivity index (χ1) is 9.72. The van der Waals surface area contributed by atoms with E-state index in [-0.39, 0.29) is 5.57 Å². The van der Waals surface area contributed by atoms with Crippen molar-refractivity contribution in [1.29, 1.82) is 10.5 Å². The van der Waals surface area contributed by atoms with Gasteiger partial charge in [-0.1, -0.05) is 6.08 Å². The zero-order chi connectivity index (χ0) is 14.8. The minimum absolute atomic E-state index is 0.171. The first-order valence-electron chi connectivity index (χ1n) is 6.27. The van der Waals surface area contributed by atoms with E-state index >= 15 is 0 Å². The quantitative estimate of drug-likeness (QED) is 0.426. The standard InChI is InChI=1S/C14H18N3O2P/c1-12-9-13(14(10-15)11-16)3-2-4-17(12)5-6-18-7-8-19-20/h2,4,9H,3,5-8,20H2,1H3. The van der Waals surface area contributed by atoms with Gasteiger partial charge < -0.3 is 14.2 Å². The molecule has 0 aromatic rings. The van der Waals surface area contributed by atoms with Gasteiger partial charge in [-0.25, -0.2) is 0 Å². The molecule has 5 nitrogen and oxygen atoms in total. The Bertz CT molecular complexity index is 482. The van der Waals surface area contributed by atoms with Crippen LogP contribution in [0.25, 0.3) is 0 Å². The van der Waals surface area contributed by atoms with Gasteiger partial charge in [-0.2, -0.15) is 10.5 Å². The van der Waals surface area contributed by atoms with Gasteiger partial charge in [0.2, 0.25) is 0 Å². The topological polar surface area (TPSA) is 69.3 Å². The van der Waals surface area contributed by atoms with E-state index in [1.165, 1.54) is 0 Å². The molecule has 0 aromatic heterocycles. The maximum absolute atomic E-state index is 8.92. The summed E-state index contributed by atoms with van der Waals surface area (Å²) < 4.78 is 10.3. The second-order valence-electron chi connectivity index (χ2n) is 4.18. The SMILES string of the molecule is CC1=CC(=C(C#N)C#N)CC=CN1CCOCCOP. The van der Waals surface area contributed by atoms with Crippen molar-refractivity contribution in [3.05, 3.63) is 35.2 Å². The lowest BCUT2D eigenvalue weighted by Gasteiger charge is -2.20. The van der Waals surface area contributed by atoms with E-state index < -0.39 is 0 Å². The third-order valence-electron chi connectivity index (χ3n) is 2.83. The molecule has 0 radical (unpaired) electrons. The lowest BCUT2D eigenvalue weighted by molar-refractivity contribution is 0.0979. The molecule has 0 amide bonds. The monoisotopic (exact) mass is 291 g/mol. The van der Waals surface area contributed by atoms with Gasteiger partial charge in [0.25, 0.3) is 0 Å². The van der Waals surface area contributed by atoms with Crippen LogP contribution < -0.4 is 0 Å². The van der Waals surface area contributed by atoms with Crippen molar-refractivity contribution in [3.63, 3.8) is 0 Å². The third kappa shape index (κ3) is 5.15. The number of hydrogen-bond acceptors (Lipinski definition) is 5. The van der Waals surface area contributed by atoms with Crippen molar-refractivity contribution in [3.8, 4) is 12.1 Å². The smallest absolute Gasteiger partial charge is 0.133 e. The summed E-state index contributed by atoms with van der Waals surface area (Å²) in [5.74, 6) is 0. The maximum atomic E-state index is 8.92. The van der Waals surface area contributed by atoms with Crippen LogP contribution in [0.15, 0.2) is 35.2 Å². The summed E-state index contributed by atoms with van der Waals surface area (Å²) in [7, 11) is 2.19. The molecule has 1 atom stereocenters. The Morgan fingerprint density at radius 3 is 2.75 bits per heavy atom. The molecule has 0 saturated carbocycles. The van der Waals surface area contributed by atoms with E-state index in [1.54, 1.807) is 0 Å². The van der Waals surface area contributed by atoms with E-state index in [4.69, 9.17) is 19.8 Å². The largest absolute Gasteiger partial charge is 0.377 e. The van der Waals surface area contributed by atoms with Crippen molar-refractivity contribution in [1.82, 2.24) is 4.90 Å². The molecule has 1 aliphatic heterocycles. The molecule has 106 valence electrons. The van der Waals surface area contributed by atoms with Gasteiger partial charge in [-0.05, 0) is 25.0 Å². The third-order valence-corrected chi connectivity index (χ3v) is 3.06. The van der Waals surface area contributed by atoms with Crippen molar-refractivity contribution in [2.24, 2.45) is 0 Å². The Labute approximate surface area is 122 Å². The Balaban J connectivity index is 2.64. The van der Waals surface area contributed by atoms with Gasteiger partial charge in [-0.3, -0.25) is 0 Å². The number of allylic oxidation sites excluding steroid dienone is 5. The molecule has 0 saturated heterocycles. The molecule has 1 rings (SSSR count). The van der Waals surface area contributed by atoms with Crippen LogP contribution in [0.3, 0.4) is 0 Å². The van der Waals surface area contributed by atoms with Gasteiger partial charge in [0.15, 0.2) is 0 Å². The van der Waals surface area contributed by atoms with Crippen LogP contribution >= 0.6 is 9.47 Å². The number of rotatable bonds is 6. The van der Waals surface area contributed by atoms with Gasteiger partial charge >= 0.3 is 0 Å². The molecule has 20 heavy (non-hydrogen) atoms. The Morgan fingerprint density at radius 2 is 2.10 bits per heavy atom. The minimum atomic E-state index is 0.171. The Morgan fingerprint density at radius 1 is 1.35 bits per heavy atom. The first kappa shape index (κ1) is 16.4. The van der Waals surface area contributed by atoms with Crippen LogP contribution in [0.4, 0.5) is 0 Å². The van der Waals surface area contributed by atoms with Gasteiger partial charge in [0.05, 0.1) is 19.8 Å². The molecular weight excluding hydrogens is 273 g/mol. The van der Waals surface area contributed by atoms with Crippen LogP contribution in [-0.4, -0.2) is 31.3 Å². The molecule has 1 aliphatic rings. The minimum Gasteiger partial charge on any atom is -0.377 e. The number of nitrogens with zero attached hydrogens (tertiary/aromatic N) is 3. The van der Waals surface area contributed by atoms with Crippen molar-refractivity contribution in [2.45, 2.75) is 13.3 Å². The average Bonchev–Trinajstić information content (AvgIpc) is 2.62. The fourth-order valence-electron chi connectivity index (χ4n) is 1.78. The Kier molecular flexibility index (Phi) is 7.62. The lowest BCUT2D eigenvalue weighted by atomic mass is 10.1. The summed E-state index contributed by atoms with van der Waals surface area (Å²) >= 11 is 0. The predicted octanol–water partition coefficient (Wildman–Crippen LogP) is 2.28. The zero-order valence-corrected chi connectivity index (χ0v) is 12.7. The fourth-order valence-corrected chi connectivity index (χ4v) is 1.88. The lowest BCUT2D eigenvalue weighted by Crippen LogP contribution is -2.20. The molecule has 0 aliphatic carbocycles. The van der Waals surface area contributed by atoms with E-state index in [0.29, 0.717) is 26.2 Å². The summed E-state index contributed by atoms with van der Waals surface area (Å²) in [6, 6.07) is 3.86. The first-order valence-corrected chi connectivity index (χ1v) is 6.74. The second-order valence-corrected chi connectivity index (χ2v) is 4.51. The van der Waals surface area contributed by atoms with E-state index in [1.807, 2.05) is 42.3 Å². The molecule has 0 spiro atoms. The second kappa shape index (κ2) is 9.28. The van der Waals surface area contributed by atoms with Crippen LogP contribution in [0.1, 0.15) is 13.3 Å². The molecule has 1 heterocycles. The number of ether oxygens (including phenoxy) is 1. The van der Waals surface area contributed by atoms with Crippen LogP contribution in [-0.2, 0) is 9.26 Å². The van der Waals surface area contributed by atoms with E-state index in [9.17, 15) is 0 Å². The maximum Gasteiger partial charge on any atom is 0.133 e. The molecule has 0 fully saturated rings. The molecule has 0 bridgehead atoms. The van der Waals surface area contributed by atoms with E-state index in [0.717, 1.165) is 17.8 Å². The molecule has 1 unspecified atom stereocenters. The highest BCUT2D eigenvalue weighted by Crippen LogP contribution is 2.19. The highest BCUT2D eigenvalue weighted by atomic mass is 31.0. The molecule has 6 heteroatoms. The van der Waals surface area contributed by atoms with Crippen molar-refractivity contribution >= 4 is 9.47 Å². The summed E-state index contributed by atoms with van der Waals surface area (Å²) in [4.78, 5) is 2.04. The Hall–Kier alpha value is -1.65. The highest BCUT2D eigenvalue weighted by molar-refractivity contribution is 7.09. The zero-order valence-electron chi connectivity index (χ0n) is 11.5. The predicted molar refractivity (Wildman–Crippen MR) is 79.0 cm³/mol. The van der Waals surface area contributed by atoms with Crippen LogP contribution in [0, 0.1) is 22.7 Å². The molecular formula is C14H18N3O2P. The van der Waals surface area contributed by atoms with Gasteiger partial charge in [-0.15, -0.1) is 0 Å². The van der Waals surface area contributed by atoms with E-state index in [2.05, 4.69) is 9.47 Å². The normalized spacial score (nSPS) is 14.3. The van der Waals surface area contributed by atoms with Crippen LogP contribution in [0.2, 0.25) is 0 Å². The van der Waals surface area contributed by atoms with Crippen LogP contribution in [0.5, 0.6) is 0 Å². The van der Waals surface area contributed by atoms with Gasteiger partial charge in [0, 0.05) is 27.9 Å². The molecule has 0 aromatic carbocycles. The summed E-state index contributed by atoms with van der Waals surface area (Å²) in [5, 5.41) is 17.8. The number of nitriles is 2. The average molecular weight is 291 g/mol. The van der Waals surface area contributed by atoms with Gasteiger partial charge in [0.1, 0.15) is 17.7 Å². The summed E-state index contributed by atoms with van der Waals surface area (Å²) in [5.41, 5.74) is 1.91. The van der Waals surface area contributed by atoms with Crippen molar-refractivity contribution < 1.29 is 9.26 Å². The summed E-state index contributed by atoms with van der Waals surface area (Å²) in [6.45, 7) is 4.37. The highest BCUT2D eigenvalue weighted by Gasteiger charge is 2.10. The number of hydrogen-bond donors (Lipinski definition) is 0.